The van der Waals surface area contributed by atoms with Crippen molar-refractivity contribution in [3.8, 4) is 0 Å². The molecule has 7 heavy (non-hydrogen) atoms. The number of ether oxygens (including phenoxy) is 1. The van der Waals surface area contributed by atoms with Crippen molar-refractivity contribution in [1.29, 1.82) is 0 Å². The van der Waals surface area contributed by atoms with Gasteiger partial charge in [-0.15, -0.1) is 0 Å². The van der Waals surface area contributed by atoms with Crippen molar-refractivity contribution in [2.45, 2.75) is 0 Å². The Balaban J connectivity index is 2.40. The number of hydrogen-bond donors (Lipinski definition) is 1. The molecule has 40 valence electrons. The van der Waals surface area contributed by atoms with Crippen LogP contribution in [0.4, 0.5) is 4.39 Å². The summed E-state index contributed by atoms with van der Waals surface area (Å²) in [6.07, 6.45) is 1.21. The van der Waals surface area contributed by atoms with Crippen molar-refractivity contribution in [3.05, 3.63) is 12.2 Å². The summed E-state index contributed by atoms with van der Waals surface area (Å²) < 4.78 is 16.2. The number of halogens is 1. The van der Waals surface area contributed by atoms with E-state index in [4.69, 9.17) is 0 Å². The van der Waals surface area contributed by atoms with Crippen LogP contribution < -0.4 is 5.32 Å². The van der Waals surface area contributed by atoms with Crippen LogP contribution in [0.1, 0.15) is 0 Å². The Morgan fingerprint density at radius 3 is 3.00 bits per heavy atom. The summed E-state index contributed by atoms with van der Waals surface area (Å²) in [5, 5.41) is 2.67. The minimum absolute atomic E-state index is 0.433. The Labute approximate surface area is 41.0 Å². The summed E-state index contributed by atoms with van der Waals surface area (Å²) >= 11 is 0. The van der Waals surface area contributed by atoms with Gasteiger partial charge in [0.15, 0.2) is 0 Å². The van der Waals surface area contributed by atoms with Crippen LogP contribution in [0.25, 0.3) is 0 Å². The lowest BCUT2D eigenvalue weighted by Crippen LogP contribution is -2.18. The fourth-order valence-corrected chi connectivity index (χ4v) is 0.402. The topological polar surface area (TPSA) is 21.3 Å². The predicted molar refractivity (Wildman–Crippen MR) is 23.1 cm³/mol. The summed E-state index contributed by atoms with van der Waals surface area (Å²) in [5.41, 5.74) is 0. The first-order valence-corrected chi connectivity index (χ1v) is 2.11. The highest BCUT2D eigenvalue weighted by Gasteiger charge is 1.97. The van der Waals surface area contributed by atoms with Crippen molar-refractivity contribution in [2.24, 2.45) is 0 Å². The van der Waals surface area contributed by atoms with E-state index < -0.39 is 6.01 Å². The molecule has 1 aliphatic rings. The summed E-state index contributed by atoms with van der Waals surface area (Å²) in [6.45, 7) is 1.13. The average molecular weight is 103 g/mol. The fourth-order valence-electron chi connectivity index (χ4n) is 0.402. The van der Waals surface area contributed by atoms with Gasteiger partial charge >= 0.3 is 0 Å². The third kappa shape index (κ3) is 1.07. The van der Waals surface area contributed by atoms with Gasteiger partial charge in [-0.25, -0.2) is 0 Å². The van der Waals surface area contributed by atoms with Crippen molar-refractivity contribution in [1.82, 2.24) is 5.32 Å². The Kier molecular flexibility index (Phi) is 1.15. The molecule has 0 aromatic rings. The molecule has 0 amide bonds. The minimum atomic E-state index is -0.522. The molecule has 1 aliphatic heterocycles. The predicted octanol–water partition coefficient (Wildman–Crippen LogP) is 0.375. The molecule has 3 heteroatoms. The second-order valence-electron chi connectivity index (χ2n) is 1.25. The average Bonchev–Trinajstić information content (AvgIpc) is 1.69. The third-order valence-corrected chi connectivity index (χ3v) is 0.702. The molecule has 1 rings (SSSR count). The maximum atomic E-state index is 11.8. The zero-order chi connectivity index (χ0) is 5.11. The second kappa shape index (κ2) is 1.82. The van der Waals surface area contributed by atoms with E-state index in [1.165, 1.54) is 6.20 Å². The van der Waals surface area contributed by atoms with Gasteiger partial charge < -0.3 is 10.1 Å². The molecule has 0 bridgehead atoms. The highest BCUT2D eigenvalue weighted by Crippen LogP contribution is 1.98. The molecule has 0 fully saturated rings. The zero-order valence-electron chi connectivity index (χ0n) is 3.78. The number of nitrogens with one attached hydrogen (secondary N) is 1. The van der Waals surface area contributed by atoms with E-state index in [2.05, 4.69) is 10.1 Å². The first-order valence-electron chi connectivity index (χ1n) is 2.11. The second-order valence-corrected chi connectivity index (χ2v) is 1.25. The Morgan fingerprint density at radius 2 is 2.71 bits per heavy atom. The van der Waals surface area contributed by atoms with Crippen LogP contribution in [0, 0.1) is 0 Å². The van der Waals surface area contributed by atoms with E-state index in [0.717, 1.165) is 0 Å². The van der Waals surface area contributed by atoms with Crippen LogP contribution in [0.5, 0.6) is 0 Å². The van der Waals surface area contributed by atoms with Crippen LogP contribution in [0.2, 0.25) is 0 Å². The van der Waals surface area contributed by atoms with Gasteiger partial charge in [0.1, 0.15) is 6.61 Å². The molecule has 0 atom stereocenters. The van der Waals surface area contributed by atoms with Crippen molar-refractivity contribution >= 4 is 0 Å². The van der Waals surface area contributed by atoms with Crippen molar-refractivity contribution in [2.75, 3.05) is 13.2 Å². The van der Waals surface area contributed by atoms with Gasteiger partial charge in [0.25, 0.3) is 6.01 Å². The lowest BCUT2D eigenvalue weighted by molar-refractivity contribution is 0.132. The fraction of sp³-hybridized carbons (Fsp3) is 0.500. The largest absolute Gasteiger partial charge is 0.468 e. The Morgan fingerprint density at radius 1 is 1.86 bits per heavy atom. The molecule has 0 saturated heterocycles. The molecular weight excluding hydrogens is 97.0 g/mol. The first-order chi connectivity index (χ1) is 3.39. The monoisotopic (exact) mass is 103 g/mol. The van der Waals surface area contributed by atoms with Gasteiger partial charge in [0.05, 0.1) is 6.20 Å². The summed E-state index contributed by atoms with van der Waals surface area (Å²) in [6, 6.07) is -0.522. The molecule has 0 aliphatic carbocycles. The van der Waals surface area contributed by atoms with Gasteiger partial charge in [-0.05, 0) is 0 Å². The molecule has 0 radical (unpaired) electrons. The van der Waals surface area contributed by atoms with E-state index in [1.807, 2.05) is 0 Å². The van der Waals surface area contributed by atoms with E-state index >= 15 is 0 Å². The van der Waals surface area contributed by atoms with Crippen LogP contribution in [-0.4, -0.2) is 13.2 Å². The molecule has 2 nitrogen and oxygen atoms in total. The molecule has 1 N–H and O–H groups in total. The van der Waals surface area contributed by atoms with Crippen LogP contribution in [0.15, 0.2) is 12.2 Å². The first kappa shape index (κ1) is 4.43. The number of rotatable bonds is 0. The van der Waals surface area contributed by atoms with Gasteiger partial charge in [-0.1, -0.05) is 0 Å². The van der Waals surface area contributed by atoms with E-state index in [9.17, 15) is 4.39 Å². The van der Waals surface area contributed by atoms with Gasteiger partial charge in [0.2, 0.25) is 0 Å². The third-order valence-electron chi connectivity index (χ3n) is 0.702. The molecule has 1 heterocycles. The highest BCUT2D eigenvalue weighted by molar-refractivity contribution is 4.82. The van der Waals surface area contributed by atoms with Crippen LogP contribution >= 0.6 is 0 Å². The smallest absolute Gasteiger partial charge is 0.288 e. The highest BCUT2D eigenvalue weighted by atomic mass is 19.1. The molecule has 0 spiro atoms. The molecule has 0 saturated carbocycles. The zero-order valence-corrected chi connectivity index (χ0v) is 3.78. The maximum Gasteiger partial charge on any atom is 0.288 e. The van der Waals surface area contributed by atoms with Crippen LogP contribution in [-0.2, 0) is 4.74 Å². The quantitative estimate of drug-likeness (QED) is 0.478. The normalized spacial score (nSPS) is 19.3. The van der Waals surface area contributed by atoms with E-state index in [0.29, 0.717) is 13.2 Å². The Bertz CT molecular complexity index is 91.7. The van der Waals surface area contributed by atoms with Crippen molar-refractivity contribution in [3.63, 3.8) is 0 Å². The lowest BCUT2D eigenvalue weighted by Gasteiger charge is -2.08. The van der Waals surface area contributed by atoms with E-state index in [1.54, 1.807) is 0 Å². The summed E-state index contributed by atoms with van der Waals surface area (Å²) in [5.74, 6) is 0. The summed E-state index contributed by atoms with van der Waals surface area (Å²) in [7, 11) is 0. The summed E-state index contributed by atoms with van der Waals surface area (Å²) in [4.78, 5) is 0. The standard InChI is InChI=1S/C4H6FNO/c5-4-3-6-1-2-7-4/h3,6H,1-2H2. The maximum absolute atomic E-state index is 11.8. The molecular formula is C4H6FNO. The Hall–Kier alpha value is -0.730. The van der Waals surface area contributed by atoms with Crippen molar-refractivity contribution < 1.29 is 9.13 Å². The number of hydrogen-bond acceptors (Lipinski definition) is 2. The van der Waals surface area contributed by atoms with Crippen LogP contribution in [0.3, 0.4) is 0 Å². The van der Waals surface area contributed by atoms with Gasteiger partial charge in [-0.2, -0.15) is 4.39 Å². The van der Waals surface area contributed by atoms with Gasteiger partial charge in [-0.3, -0.25) is 0 Å². The van der Waals surface area contributed by atoms with E-state index in [-0.39, 0.29) is 0 Å². The molecule has 0 aromatic carbocycles. The van der Waals surface area contributed by atoms with Gasteiger partial charge in [0, 0.05) is 6.54 Å². The molecule has 0 unspecified atom stereocenters. The lowest BCUT2D eigenvalue weighted by atomic mass is 10.6. The minimum Gasteiger partial charge on any atom is -0.468 e. The SMILES string of the molecule is FC1=CNCCO1. The molecule has 0 aromatic heterocycles.